The van der Waals surface area contributed by atoms with Gasteiger partial charge >= 0.3 is 0 Å². The Bertz CT molecular complexity index is 878. The lowest BCUT2D eigenvalue weighted by molar-refractivity contribution is -0.123. The third-order valence-corrected chi connectivity index (χ3v) is 5.50. The molecule has 1 aliphatic carbocycles. The number of nitrogens with zero attached hydrogens (tertiary/aromatic N) is 2. The van der Waals surface area contributed by atoms with Crippen molar-refractivity contribution in [2.24, 2.45) is 0 Å². The number of carbonyl (C=O) groups is 2. The molecule has 2 aromatic rings. The van der Waals surface area contributed by atoms with Gasteiger partial charge in [0.05, 0.1) is 0 Å². The lowest BCUT2D eigenvalue weighted by Crippen LogP contribution is -2.29. The van der Waals surface area contributed by atoms with Crippen LogP contribution in [0.3, 0.4) is 0 Å². The van der Waals surface area contributed by atoms with E-state index in [1.807, 2.05) is 24.3 Å². The average Bonchev–Trinajstić information content (AvgIpc) is 3.44. The van der Waals surface area contributed by atoms with Crippen molar-refractivity contribution in [2.75, 3.05) is 18.1 Å². The summed E-state index contributed by atoms with van der Waals surface area (Å²) in [4.78, 5) is 30.1. The minimum atomic E-state index is -0.218. The molecule has 7 nitrogen and oxygen atoms in total. The predicted octanol–water partition coefficient (Wildman–Crippen LogP) is 3.23. The SMILES string of the molecule is O=C(COc1ccc(N2CCCC2=O)cc1)NCc1cccnc1OC1CCCC1. The quantitative estimate of drug-likeness (QED) is 0.724. The van der Waals surface area contributed by atoms with Gasteiger partial charge in [0.15, 0.2) is 6.61 Å². The maximum Gasteiger partial charge on any atom is 0.258 e. The summed E-state index contributed by atoms with van der Waals surface area (Å²) in [6.45, 7) is 1.01. The van der Waals surface area contributed by atoms with Crippen LogP contribution in [0.5, 0.6) is 11.6 Å². The Kier molecular flexibility index (Phi) is 6.47. The van der Waals surface area contributed by atoms with Crippen LogP contribution in [0.2, 0.25) is 0 Å². The molecule has 2 fully saturated rings. The molecule has 7 heteroatoms. The Morgan fingerprint density at radius 1 is 1.13 bits per heavy atom. The number of nitrogens with one attached hydrogen (secondary N) is 1. The first-order chi connectivity index (χ1) is 14.7. The molecule has 0 bridgehead atoms. The van der Waals surface area contributed by atoms with E-state index in [0.29, 0.717) is 24.6 Å². The number of carbonyl (C=O) groups excluding carboxylic acids is 2. The molecule has 1 N–H and O–H groups in total. The molecule has 158 valence electrons. The van der Waals surface area contributed by atoms with Crippen molar-refractivity contribution in [2.45, 2.75) is 51.2 Å². The number of benzene rings is 1. The molecular formula is C23H27N3O4. The molecule has 1 saturated carbocycles. The molecule has 2 heterocycles. The highest BCUT2D eigenvalue weighted by atomic mass is 16.5. The Hall–Kier alpha value is -3.09. The van der Waals surface area contributed by atoms with E-state index in [1.165, 1.54) is 12.8 Å². The molecule has 0 spiro atoms. The molecule has 1 aliphatic heterocycles. The lowest BCUT2D eigenvalue weighted by atomic mass is 10.2. The van der Waals surface area contributed by atoms with E-state index in [1.54, 1.807) is 23.2 Å². The molecule has 0 atom stereocenters. The fourth-order valence-corrected chi connectivity index (χ4v) is 3.87. The molecule has 1 saturated heterocycles. The van der Waals surface area contributed by atoms with E-state index >= 15 is 0 Å². The van der Waals surface area contributed by atoms with Crippen LogP contribution in [0.15, 0.2) is 42.6 Å². The standard InChI is InChI=1S/C23H27N3O4/c27-21(16-29-19-11-9-18(10-12-19)26-14-4-8-22(26)28)25-15-17-5-3-13-24-23(17)30-20-6-1-2-7-20/h3,5,9-13,20H,1-2,4,6-8,14-16H2,(H,25,27). The van der Waals surface area contributed by atoms with Crippen LogP contribution in [0.1, 0.15) is 44.1 Å². The third-order valence-electron chi connectivity index (χ3n) is 5.50. The van der Waals surface area contributed by atoms with Gasteiger partial charge in [0, 0.05) is 37.0 Å². The highest BCUT2D eigenvalue weighted by Crippen LogP contribution is 2.25. The second-order valence-electron chi connectivity index (χ2n) is 7.70. The number of pyridine rings is 1. The first-order valence-corrected chi connectivity index (χ1v) is 10.6. The second kappa shape index (κ2) is 9.61. The Morgan fingerprint density at radius 3 is 2.67 bits per heavy atom. The summed E-state index contributed by atoms with van der Waals surface area (Å²) in [6.07, 6.45) is 7.91. The zero-order valence-corrected chi connectivity index (χ0v) is 17.0. The first kappa shape index (κ1) is 20.2. The van der Waals surface area contributed by atoms with Crippen molar-refractivity contribution in [3.63, 3.8) is 0 Å². The summed E-state index contributed by atoms with van der Waals surface area (Å²) in [5.41, 5.74) is 1.72. The third kappa shape index (κ3) is 5.09. The summed E-state index contributed by atoms with van der Waals surface area (Å²) >= 11 is 0. The largest absolute Gasteiger partial charge is 0.484 e. The molecule has 4 rings (SSSR count). The fraction of sp³-hybridized carbons (Fsp3) is 0.435. The number of amides is 2. The van der Waals surface area contributed by atoms with E-state index in [2.05, 4.69) is 10.3 Å². The van der Waals surface area contributed by atoms with Crippen molar-refractivity contribution >= 4 is 17.5 Å². The molecule has 2 aliphatic rings. The zero-order chi connectivity index (χ0) is 20.8. The number of hydrogen-bond acceptors (Lipinski definition) is 5. The lowest BCUT2D eigenvalue weighted by Gasteiger charge is -2.16. The van der Waals surface area contributed by atoms with Crippen LogP contribution in [0.25, 0.3) is 0 Å². The van der Waals surface area contributed by atoms with Crippen molar-refractivity contribution < 1.29 is 19.1 Å². The number of rotatable bonds is 8. The van der Waals surface area contributed by atoms with E-state index in [4.69, 9.17) is 9.47 Å². The smallest absolute Gasteiger partial charge is 0.258 e. The summed E-state index contributed by atoms with van der Waals surface area (Å²) in [5.74, 6) is 1.11. The Labute approximate surface area is 176 Å². The van der Waals surface area contributed by atoms with Crippen LogP contribution >= 0.6 is 0 Å². The molecule has 1 aromatic heterocycles. The summed E-state index contributed by atoms with van der Waals surface area (Å²) in [7, 11) is 0. The van der Waals surface area contributed by atoms with Gasteiger partial charge in [-0.25, -0.2) is 4.98 Å². The highest BCUT2D eigenvalue weighted by Gasteiger charge is 2.21. The molecular weight excluding hydrogens is 382 g/mol. The first-order valence-electron chi connectivity index (χ1n) is 10.6. The van der Waals surface area contributed by atoms with Gasteiger partial charge in [0.25, 0.3) is 5.91 Å². The van der Waals surface area contributed by atoms with Crippen LogP contribution in [0.4, 0.5) is 5.69 Å². The van der Waals surface area contributed by atoms with Crippen molar-refractivity contribution in [3.05, 3.63) is 48.2 Å². The van der Waals surface area contributed by atoms with Crippen molar-refractivity contribution in [1.82, 2.24) is 10.3 Å². The predicted molar refractivity (Wildman–Crippen MR) is 112 cm³/mol. The monoisotopic (exact) mass is 409 g/mol. The number of ether oxygens (including phenoxy) is 2. The van der Waals surface area contributed by atoms with Crippen molar-refractivity contribution in [1.29, 1.82) is 0 Å². The van der Waals surface area contributed by atoms with Gasteiger partial charge in [-0.2, -0.15) is 0 Å². The number of hydrogen-bond donors (Lipinski definition) is 1. The summed E-state index contributed by atoms with van der Waals surface area (Å²) in [5, 5.41) is 2.86. The van der Waals surface area contributed by atoms with Crippen molar-refractivity contribution in [3.8, 4) is 11.6 Å². The van der Waals surface area contributed by atoms with Crippen LogP contribution in [-0.2, 0) is 16.1 Å². The fourth-order valence-electron chi connectivity index (χ4n) is 3.87. The molecule has 1 aromatic carbocycles. The van der Waals surface area contributed by atoms with Gasteiger partial charge in [-0.3, -0.25) is 9.59 Å². The maximum atomic E-state index is 12.2. The van der Waals surface area contributed by atoms with Gasteiger partial charge in [-0.15, -0.1) is 0 Å². The van der Waals surface area contributed by atoms with Crippen LogP contribution in [0, 0.1) is 0 Å². The number of aromatic nitrogens is 1. The van der Waals surface area contributed by atoms with Gasteiger partial charge in [0.1, 0.15) is 11.9 Å². The van der Waals surface area contributed by atoms with Crippen LogP contribution < -0.4 is 19.7 Å². The van der Waals surface area contributed by atoms with Gasteiger partial charge in [-0.05, 0) is 62.4 Å². The minimum Gasteiger partial charge on any atom is -0.484 e. The Morgan fingerprint density at radius 2 is 1.93 bits per heavy atom. The molecule has 0 radical (unpaired) electrons. The second-order valence-corrected chi connectivity index (χ2v) is 7.70. The molecule has 2 amide bonds. The van der Waals surface area contributed by atoms with E-state index in [9.17, 15) is 9.59 Å². The summed E-state index contributed by atoms with van der Waals surface area (Å²) < 4.78 is 11.6. The minimum absolute atomic E-state index is 0.0823. The number of anilines is 1. The molecule has 0 unspecified atom stereocenters. The molecule has 30 heavy (non-hydrogen) atoms. The van der Waals surface area contributed by atoms with Gasteiger partial charge < -0.3 is 19.7 Å². The zero-order valence-electron chi connectivity index (χ0n) is 17.0. The van der Waals surface area contributed by atoms with Gasteiger partial charge in [0.2, 0.25) is 11.8 Å². The Balaban J connectivity index is 1.25. The topological polar surface area (TPSA) is 80.8 Å². The average molecular weight is 409 g/mol. The normalized spacial score (nSPS) is 16.7. The van der Waals surface area contributed by atoms with E-state index in [0.717, 1.165) is 37.1 Å². The van der Waals surface area contributed by atoms with E-state index < -0.39 is 0 Å². The van der Waals surface area contributed by atoms with Gasteiger partial charge in [-0.1, -0.05) is 6.07 Å². The highest BCUT2D eigenvalue weighted by molar-refractivity contribution is 5.95. The maximum absolute atomic E-state index is 12.2. The van der Waals surface area contributed by atoms with E-state index in [-0.39, 0.29) is 24.5 Å². The summed E-state index contributed by atoms with van der Waals surface area (Å²) in [6, 6.07) is 11.0. The van der Waals surface area contributed by atoms with Crippen LogP contribution in [-0.4, -0.2) is 36.1 Å².